The van der Waals surface area contributed by atoms with Gasteiger partial charge in [0.2, 0.25) is 5.91 Å². The minimum absolute atomic E-state index is 0.00940. The number of hydrogen-bond donors (Lipinski definition) is 2. The first-order chi connectivity index (χ1) is 23.1. The monoisotopic (exact) mass is 670 g/mol. The van der Waals surface area contributed by atoms with Crippen LogP contribution < -0.4 is 25.9 Å². The van der Waals surface area contributed by atoms with Gasteiger partial charge in [0.1, 0.15) is 16.9 Å². The number of aromatic nitrogens is 1. The highest BCUT2D eigenvalue weighted by atomic mass is 35.5. The average molecular weight is 671 g/mol. The van der Waals surface area contributed by atoms with Crippen molar-refractivity contribution < 1.29 is 23.5 Å². The molecule has 0 saturated carbocycles. The van der Waals surface area contributed by atoms with Crippen LogP contribution in [-0.2, 0) is 11.2 Å². The lowest BCUT2D eigenvalue weighted by molar-refractivity contribution is -0.120. The molecule has 2 aromatic heterocycles. The third kappa shape index (κ3) is 7.08. The Balaban J connectivity index is 1.31. The van der Waals surface area contributed by atoms with Crippen molar-refractivity contribution in [1.82, 2.24) is 15.2 Å². The van der Waals surface area contributed by atoms with Gasteiger partial charge in [-0.3, -0.25) is 19.0 Å². The quantitative estimate of drug-likeness (QED) is 0.153. The molecule has 0 bridgehead atoms. The van der Waals surface area contributed by atoms with Crippen molar-refractivity contribution in [2.75, 3.05) is 31.6 Å². The molecule has 1 atom stereocenters. The third-order valence-electron chi connectivity index (χ3n) is 8.64. The van der Waals surface area contributed by atoms with E-state index in [1.807, 2.05) is 39.0 Å². The number of hydrogen-bond acceptors (Lipinski definition) is 7. The summed E-state index contributed by atoms with van der Waals surface area (Å²) in [5, 5.41) is 7.64. The number of anilines is 1. The number of rotatable bonds is 12. The summed E-state index contributed by atoms with van der Waals surface area (Å²) in [6.07, 6.45) is 0.494. The van der Waals surface area contributed by atoms with Gasteiger partial charge in [-0.25, -0.2) is 4.79 Å². The van der Waals surface area contributed by atoms with Gasteiger partial charge in [-0.2, -0.15) is 0 Å². The Labute approximate surface area is 283 Å². The molecular weight excluding hydrogens is 632 g/mol. The van der Waals surface area contributed by atoms with Crippen LogP contribution in [0.5, 0.6) is 5.75 Å². The first kappa shape index (κ1) is 34.3. The van der Waals surface area contributed by atoms with Crippen LogP contribution in [0.3, 0.4) is 0 Å². The zero-order chi connectivity index (χ0) is 34.5. The molecule has 5 aromatic rings. The van der Waals surface area contributed by atoms with Crippen LogP contribution in [0.15, 0.2) is 75.9 Å². The molecule has 2 amide bonds. The van der Waals surface area contributed by atoms with Crippen LogP contribution >= 0.6 is 11.6 Å². The van der Waals surface area contributed by atoms with Crippen LogP contribution in [0, 0.1) is 6.92 Å². The smallest absolute Gasteiger partial charge is 0.349 e. The molecule has 250 valence electrons. The van der Waals surface area contributed by atoms with E-state index >= 15 is 0 Å². The lowest BCUT2D eigenvalue weighted by Gasteiger charge is -2.21. The van der Waals surface area contributed by atoms with Gasteiger partial charge in [0.05, 0.1) is 19.0 Å². The predicted molar refractivity (Wildman–Crippen MR) is 189 cm³/mol. The molecule has 0 saturated heterocycles. The Bertz CT molecular complexity index is 2050. The fraction of sp³-hybridized carbons (Fsp3) is 0.297. The fourth-order valence-electron chi connectivity index (χ4n) is 5.86. The van der Waals surface area contributed by atoms with E-state index < -0.39 is 17.6 Å². The summed E-state index contributed by atoms with van der Waals surface area (Å²) in [7, 11) is 1.56. The van der Waals surface area contributed by atoms with E-state index in [0.717, 1.165) is 24.2 Å². The van der Waals surface area contributed by atoms with Gasteiger partial charge in [0, 0.05) is 64.5 Å². The summed E-state index contributed by atoms with van der Waals surface area (Å²) in [5.74, 6) is -0.522. The summed E-state index contributed by atoms with van der Waals surface area (Å²) < 4.78 is 12.6. The highest BCUT2D eigenvalue weighted by molar-refractivity contribution is 6.30. The van der Waals surface area contributed by atoms with Crippen molar-refractivity contribution in [3.05, 3.63) is 105 Å². The number of nitrogens with one attached hydrogen (secondary N) is 2. The van der Waals surface area contributed by atoms with Gasteiger partial charge in [-0.15, -0.1) is 0 Å². The number of nitrogens with zero attached hydrogens (tertiary/aromatic N) is 2. The molecule has 0 fully saturated rings. The zero-order valence-electron chi connectivity index (χ0n) is 27.7. The Morgan fingerprint density at radius 2 is 1.71 bits per heavy atom. The second-order valence-corrected chi connectivity index (χ2v) is 11.9. The zero-order valence-corrected chi connectivity index (χ0v) is 28.4. The first-order valence-corrected chi connectivity index (χ1v) is 16.3. The fourth-order valence-corrected chi connectivity index (χ4v) is 5.99. The molecule has 11 heteroatoms. The minimum atomic E-state index is -0.731. The molecule has 2 N–H and O–H groups in total. The number of amides is 2. The average Bonchev–Trinajstić information content (AvgIpc) is 3.36. The van der Waals surface area contributed by atoms with Crippen molar-refractivity contribution in [2.24, 2.45) is 0 Å². The van der Waals surface area contributed by atoms with Crippen molar-refractivity contribution in [3.63, 3.8) is 0 Å². The number of ether oxygens (including phenoxy) is 1. The summed E-state index contributed by atoms with van der Waals surface area (Å²) in [6, 6.07) is 18.7. The highest BCUT2D eigenvalue weighted by Crippen LogP contribution is 2.31. The number of methoxy groups -OCH3 is 1. The van der Waals surface area contributed by atoms with Crippen molar-refractivity contribution in [2.45, 2.75) is 46.6 Å². The van der Waals surface area contributed by atoms with E-state index in [1.54, 1.807) is 61.1 Å². The molecule has 0 spiro atoms. The van der Waals surface area contributed by atoms with E-state index in [0.29, 0.717) is 50.5 Å². The Morgan fingerprint density at radius 1 is 0.979 bits per heavy atom. The molecule has 0 aliphatic carbocycles. The van der Waals surface area contributed by atoms with Crippen LogP contribution in [0.2, 0.25) is 5.02 Å². The number of carbonyl (C=O) groups is 3. The molecule has 10 nitrogen and oxygen atoms in total. The molecule has 3 aromatic carbocycles. The summed E-state index contributed by atoms with van der Waals surface area (Å²) in [6.45, 7) is 9.53. The van der Waals surface area contributed by atoms with Gasteiger partial charge < -0.3 is 24.7 Å². The summed E-state index contributed by atoms with van der Waals surface area (Å²) >= 11 is 6.04. The molecule has 0 aliphatic heterocycles. The minimum Gasteiger partial charge on any atom is -0.497 e. The lowest BCUT2D eigenvalue weighted by Crippen LogP contribution is -2.44. The summed E-state index contributed by atoms with van der Waals surface area (Å²) in [5.41, 5.74) is 2.91. The highest BCUT2D eigenvalue weighted by Gasteiger charge is 2.23. The Kier molecular flexibility index (Phi) is 10.5. The normalized spacial score (nSPS) is 11.8. The molecular formula is C37H39ClN4O6. The van der Waals surface area contributed by atoms with Gasteiger partial charge in [-0.1, -0.05) is 18.5 Å². The van der Waals surface area contributed by atoms with E-state index in [1.165, 1.54) is 6.07 Å². The van der Waals surface area contributed by atoms with E-state index in [2.05, 4.69) is 15.5 Å². The number of halogens is 1. The number of benzene rings is 3. The molecule has 0 aliphatic rings. The Hall–Kier alpha value is -5.09. The van der Waals surface area contributed by atoms with Gasteiger partial charge in [0.15, 0.2) is 0 Å². The maximum absolute atomic E-state index is 13.6. The maximum atomic E-state index is 13.6. The van der Waals surface area contributed by atoms with E-state index in [-0.39, 0.29) is 30.3 Å². The second-order valence-electron chi connectivity index (χ2n) is 11.5. The SMILES string of the molecule is CCC(CNC(=O)Cc1c(C)n(C(=O)c2ccc(Cl)cc2)c2ccc(OC)cc12)NC(=O)c1cc2ccc(N(CC)CC)cc2oc1=O. The largest absolute Gasteiger partial charge is 0.497 e. The van der Waals surface area contributed by atoms with Crippen LogP contribution in [0.1, 0.15) is 59.2 Å². The molecule has 0 radical (unpaired) electrons. The van der Waals surface area contributed by atoms with Gasteiger partial charge >= 0.3 is 5.63 Å². The maximum Gasteiger partial charge on any atom is 0.349 e. The second kappa shape index (κ2) is 14.8. The predicted octanol–water partition coefficient (Wildman–Crippen LogP) is 6.12. The van der Waals surface area contributed by atoms with E-state index in [4.69, 9.17) is 20.8 Å². The summed E-state index contributed by atoms with van der Waals surface area (Å²) in [4.78, 5) is 55.1. The third-order valence-corrected chi connectivity index (χ3v) is 8.89. The standard InChI is InChI=1S/C37H39ClN4O6/c1-6-26(40-35(44)31-17-24-11-14-27(41(7-2)8-3)18-33(24)48-37(31)46)21-39-34(43)20-29-22(4)42(32-16-15-28(47-5)19-30(29)32)36(45)23-9-12-25(38)13-10-23/h9-19,26H,6-8,20-21H2,1-5H3,(H,39,43)(H,40,44). The lowest BCUT2D eigenvalue weighted by atomic mass is 10.1. The topological polar surface area (TPSA) is 123 Å². The number of carbonyl (C=O) groups excluding carboxylic acids is 3. The molecule has 2 heterocycles. The van der Waals surface area contributed by atoms with Gasteiger partial charge in [0.25, 0.3) is 11.8 Å². The molecule has 48 heavy (non-hydrogen) atoms. The van der Waals surface area contributed by atoms with Crippen molar-refractivity contribution >= 4 is 56.9 Å². The van der Waals surface area contributed by atoms with Crippen LogP contribution in [0.4, 0.5) is 5.69 Å². The number of fused-ring (bicyclic) bond motifs is 2. The first-order valence-electron chi connectivity index (χ1n) is 16.0. The van der Waals surface area contributed by atoms with E-state index in [9.17, 15) is 19.2 Å². The Morgan fingerprint density at radius 3 is 2.38 bits per heavy atom. The molecule has 1 unspecified atom stereocenters. The van der Waals surface area contributed by atoms with Crippen LogP contribution in [0.25, 0.3) is 21.9 Å². The van der Waals surface area contributed by atoms with Crippen LogP contribution in [-0.4, -0.2) is 55.1 Å². The van der Waals surface area contributed by atoms with Crippen molar-refractivity contribution in [3.8, 4) is 5.75 Å². The van der Waals surface area contributed by atoms with Gasteiger partial charge in [-0.05, 0) is 93.4 Å². The molecule has 5 rings (SSSR count). The van der Waals surface area contributed by atoms with Crippen molar-refractivity contribution in [1.29, 1.82) is 0 Å².